The summed E-state index contributed by atoms with van der Waals surface area (Å²) >= 11 is 6.00. The van der Waals surface area contributed by atoms with Gasteiger partial charge in [-0.05, 0) is 42.7 Å². The SMILES string of the molecule is CN(Cc1nc2ccccc2c(=O)[nH]1)C(=O)C1(c2ccc(Cl)cc2)CCC1. The second-order valence-electron chi connectivity index (χ2n) is 7.13. The van der Waals surface area contributed by atoms with Crippen molar-refractivity contribution >= 4 is 28.4 Å². The zero-order valence-electron chi connectivity index (χ0n) is 15.0. The summed E-state index contributed by atoms with van der Waals surface area (Å²) in [6, 6.07) is 14.7. The van der Waals surface area contributed by atoms with E-state index >= 15 is 0 Å². The fourth-order valence-corrected chi connectivity index (χ4v) is 3.92. The summed E-state index contributed by atoms with van der Waals surface area (Å²) in [5, 5.41) is 1.21. The number of halogens is 1. The number of hydrogen-bond acceptors (Lipinski definition) is 3. The number of nitrogens with one attached hydrogen (secondary N) is 1. The number of hydrogen-bond donors (Lipinski definition) is 1. The van der Waals surface area contributed by atoms with Crippen molar-refractivity contribution in [2.75, 3.05) is 7.05 Å². The minimum atomic E-state index is -0.503. The molecule has 1 aromatic heterocycles. The van der Waals surface area contributed by atoms with Crippen molar-refractivity contribution in [1.29, 1.82) is 0 Å². The summed E-state index contributed by atoms with van der Waals surface area (Å²) in [4.78, 5) is 34.5. The Kier molecular flexibility index (Phi) is 4.48. The van der Waals surface area contributed by atoms with Crippen LogP contribution in [0.25, 0.3) is 10.9 Å². The number of para-hydroxylation sites is 1. The van der Waals surface area contributed by atoms with Crippen LogP contribution in [0, 0.1) is 0 Å². The maximum atomic E-state index is 13.3. The molecule has 2 aromatic carbocycles. The Morgan fingerprint density at radius 3 is 2.56 bits per heavy atom. The molecule has 0 bridgehead atoms. The van der Waals surface area contributed by atoms with Crippen LogP contribution in [-0.2, 0) is 16.8 Å². The van der Waals surface area contributed by atoms with E-state index in [0.717, 1.165) is 24.8 Å². The normalized spacial score (nSPS) is 15.3. The average molecular weight is 382 g/mol. The molecule has 1 fully saturated rings. The first-order chi connectivity index (χ1) is 13.0. The molecule has 0 radical (unpaired) electrons. The van der Waals surface area contributed by atoms with Crippen LogP contribution >= 0.6 is 11.6 Å². The first-order valence-corrected chi connectivity index (χ1v) is 9.37. The van der Waals surface area contributed by atoms with E-state index in [4.69, 9.17) is 11.6 Å². The number of aromatic nitrogens is 2. The first-order valence-electron chi connectivity index (χ1n) is 8.99. The average Bonchev–Trinajstić information content (AvgIpc) is 2.62. The van der Waals surface area contributed by atoms with E-state index in [1.165, 1.54) is 0 Å². The predicted molar refractivity (Wildman–Crippen MR) is 106 cm³/mol. The largest absolute Gasteiger partial charge is 0.338 e. The van der Waals surface area contributed by atoms with Gasteiger partial charge in [-0.2, -0.15) is 0 Å². The summed E-state index contributed by atoms with van der Waals surface area (Å²) in [5.41, 5.74) is 0.937. The molecule has 0 spiro atoms. The Morgan fingerprint density at radius 1 is 1.19 bits per heavy atom. The molecule has 1 saturated carbocycles. The molecule has 4 rings (SSSR count). The minimum Gasteiger partial charge on any atom is -0.338 e. The number of carbonyl (C=O) groups is 1. The first kappa shape index (κ1) is 17.7. The van der Waals surface area contributed by atoms with Gasteiger partial charge in [0.1, 0.15) is 5.82 Å². The Labute approximate surface area is 162 Å². The number of rotatable bonds is 4. The lowest BCUT2D eigenvalue weighted by molar-refractivity contribution is -0.140. The summed E-state index contributed by atoms with van der Waals surface area (Å²) in [6.07, 6.45) is 2.66. The van der Waals surface area contributed by atoms with Crippen LogP contribution in [0.1, 0.15) is 30.7 Å². The third-order valence-corrected chi connectivity index (χ3v) is 5.66. The van der Waals surface area contributed by atoms with Gasteiger partial charge < -0.3 is 9.88 Å². The third-order valence-electron chi connectivity index (χ3n) is 5.41. The Hall–Kier alpha value is -2.66. The van der Waals surface area contributed by atoms with Gasteiger partial charge in [0.25, 0.3) is 5.56 Å². The molecule has 1 aliphatic carbocycles. The molecular weight excluding hydrogens is 362 g/mol. The lowest BCUT2D eigenvalue weighted by Gasteiger charge is -2.43. The van der Waals surface area contributed by atoms with E-state index in [0.29, 0.717) is 21.7 Å². The van der Waals surface area contributed by atoms with Crippen LogP contribution in [0.4, 0.5) is 0 Å². The number of amides is 1. The summed E-state index contributed by atoms with van der Waals surface area (Å²) < 4.78 is 0. The number of nitrogens with zero attached hydrogens (tertiary/aromatic N) is 2. The highest BCUT2D eigenvalue weighted by molar-refractivity contribution is 6.30. The van der Waals surface area contributed by atoms with E-state index < -0.39 is 5.41 Å². The number of likely N-dealkylation sites (N-methyl/N-ethyl adjacent to an activating group) is 1. The van der Waals surface area contributed by atoms with E-state index in [1.54, 1.807) is 30.1 Å². The molecule has 1 N–H and O–H groups in total. The van der Waals surface area contributed by atoms with Gasteiger partial charge in [-0.3, -0.25) is 9.59 Å². The standard InChI is InChI=1S/C21H20ClN3O2/c1-25(13-18-23-17-6-3-2-5-16(17)19(26)24-18)20(27)21(11-4-12-21)14-7-9-15(22)10-8-14/h2-3,5-10H,4,11-13H2,1H3,(H,23,24,26). The van der Waals surface area contributed by atoms with Crippen LogP contribution in [0.5, 0.6) is 0 Å². The number of benzene rings is 2. The third kappa shape index (κ3) is 3.12. The summed E-state index contributed by atoms with van der Waals surface area (Å²) in [6.45, 7) is 0.258. The van der Waals surface area contributed by atoms with Crippen molar-refractivity contribution < 1.29 is 4.79 Å². The molecule has 0 unspecified atom stereocenters. The highest BCUT2D eigenvalue weighted by Gasteiger charge is 2.47. The molecule has 138 valence electrons. The molecule has 0 atom stereocenters. The quantitative estimate of drug-likeness (QED) is 0.750. The van der Waals surface area contributed by atoms with Crippen molar-refractivity contribution in [3.63, 3.8) is 0 Å². The van der Waals surface area contributed by atoms with Crippen LogP contribution in [0.3, 0.4) is 0 Å². The highest BCUT2D eigenvalue weighted by atomic mass is 35.5. The fourth-order valence-electron chi connectivity index (χ4n) is 3.80. The molecule has 3 aromatic rings. The fraction of sp³-hybridized carbons (Fsp3) is 0.286. The molecule has 0 aliphatic heterocycles. The molecule has 0 saturated heterocycles. The van der Waals surface area contributed by atoms with Gasteiger partial charge in [0.2, 0.25) is 5.91 Å². The predicted octanol–water partition coefficient (Wildman–Crippen LogP) is 3.66. The van der Waals surface area contributed by atoms with Gasteiger partial charge in [0.15, 0.2) is 0 Å². The van der Waals surface area contributed by atoms with Crippen molar-refractivity contribution in [1.82, 2.24) is 14.9 Å². The van der Waals surface area contributed by atoms with Crippen LogP contribution in [0.15, 0.2) is 53.3 Å². The van der Waals surface area contributed by atoms with Crippen molar-refractivity contribution in [2.45, 2.75) is 31.2 Å². The maximum absolute atomic E-state index is 13.3. The topological polar surface area (TPSA) is 66.1 Å². The van der Waals surface area contributed by atoms with Gasteiger partial charge in [-0.15, -0.1) is 0 Å². The van der Waals surface area contributed by atoms with Crippen molar-refractivity contribution in [3.8, 4) is 0 Å². The van der Waals surface area contributed by atoms with Gasteiger partial charge in [-0.25, -0.2) is 4.98 Å². The molecule has 27 heavy (non-hydrogen) atoms. The molecule has 1 heterocycles. The number of aromatic amines is 1. The zero-order chi connectivity index (χ0) is 19.0. The second-order valence-corrected chi connectivity index (χ2v) is 7.57. The number of fused-ring (bicyclic) bond motifs is 1. The van der Waals surface area contributed by atoms with E-state index in [9.17, 15) is 9.59 Å². The molecule has 1 aliphatic rings. The lowest BCUT2D eigenvalue weighted by atomic mass is 9.63. The molecule has 1 amide bonds. The van der Waals surface area contributed by atoms with E-state index in [-0.39, 0.29) is 18.0 Å². The van der Waals surface area contributed by atoms with Crippen molar-refractivity contribution in [3.05, 3.63) is 75.3 Å². The maximum Gasteiger partial charge on any atom is 0.258 e. The van der Waals surface area contributed by atoms with Crippen LogP contribution in [0.2, 0.25) is 5.02 Å². The van der Waals surface area contributed by atoms with Gasteiger partial charge in [0.05, 0.1) is 22.9 Å². The van der Waals surface area contributed by atoms with Crippen molar-refractivity contribution in [2.24, 2.45) is 0 Å². The van der Waals surface area contributed by atoms with Gasteiger partial charge >= 0.3 is 0 Å². The lowest BCUT2D eigenvalue weighted by Crippen LogP contribution is -2.49. The van der Waals surface area contributed by atoms with Crippen LogP contribution < -0.4 is 5.56 Å². The zero-order valence-corrected chi connectivity index (χ0v) is 15.8. The molecular formula is C21H20ClN3O2. The van der Waals surface area contributed by atoms with E-state index in [2.05, 4.69) is 9.97 Å². The molecule has 5 nitrogen and oxygen atoms in total. The monoisotopic (exact) mass is 381 g/mol. The van der Waals surface area contributed by atoms with E-state index in [1.807, 2.05) is 30.3 Å². The second kappa shape index (κ2) is 6.82. The highest BCUT2D eigenvalue weighted by Crippen LogP contribution is 2.45. The number of carbonyl (C=O) groups excluding carboxylic acids is 1. The Morgan fingerprint density at radius 2 is 1.89 bits per heavy atom. The Bertz CT molecular complexity index is 1050. The summed E-state index contributed by atoms with van der Waals surface area (Å²) in [5.74, 6) is 0.534. The minimum absolute atomic E-state index is 0.0480. The molecule has 6 heteroatoms. The van der Waals surface area contributed by atoms with Crippen LogP contribution in [-0.4, -0.2) is 27.8 Å². The summed E-state index contributed by atoms with van der Waals surface area (Å²) in [7, 11) is 1.76. The van der Waals surface area contributed by atoms with Gasteiger partial charge in [-0.1, -0.05) is 42.3 Å². The Balaban J connectivity index is 1.60. The smallest absolute Gasteiger partial charge is 0.258 e. The van der Waals surface area contributed by atoms with Gasteiger partial charge in [0, 0.05) is 12.1 Å². The number of H-pyrrole nitrogens is 1.